The van der Waals surface area contributed by atoms with E-state index >= 15 is 4.39 Å². The number of amides is 4. The highest BCUT2D eigenvalue weighted by Gasteiger charge is 2.33. The van der Waals surface area contributed by atoms with Crippen molar-refractivity contribution in [3.05, 3.63) is 160 Å². The summed E-state index contributed by atoms with van der Waals surface area (Å²) in [5.41, 5.74) is 7.14. The molecule has 0 saturated heterocycles. The number of nitrogens with one attached hydrogen (secondary N) is 4. The second kappa shape index (κ2) is 17.1. The molecule has 0 fully saturated rings. The molecule has 0 aliphatic heterocycles. The number of hydrogen-bond acceptors (Lipinski definition) is 9. The fourth-order valence-corrected chi connectivity index (χ4v) is 10.2. The van der Waals surface area contributed by atoms with E-state index in [4.69, 9.17) is 9.72 Å². The van der Waals surface area contributed by atoms with Gasteiger partial charge in [-0.05, 0) is 101 Å². The predicted octanol–water partition coefficient (Wildman–Crippen LogP) is 7.63. The van der Waals surface area contributed by atoms with Gasteiger partial charge in [-0.15, -0.1) is 0 Å². The molecule has 0 spiro atoms. The molecule has 2 aliphatic rings. The van der Waals surface area contributed by atoms with Crippen molar-refractivity contribution in [2.24, 2.45) is 0 Å². The number of carbonyl (C=O) groups is 2. The number of methoxy groups -OCH3 is 1. The summed E-state index contributed by atoms with van der Waals surface area (Å²) in [5, 5.41) is 5.58. The van der Waals surface area contributed by atoms with E-state index in [1.165, 1.54) is 25.6 Å². The first-order valence-corrected chi connectivity index (χ1v) is 22.8. The van der Waals surface area contributed by atoms with Gasteiger partial charge in [-0.25, -0.2) is 45.2 Å². The van der Waals surface area contributed by atoms with Crippen molar-refractivity contribution in [3.8, 4) is 28.1 Å². The molecule has 0 radical (unpaired) electrons. The van der Waals surface area contributed by atoms with Gasteiger partial charge in [0.25, 0.3) is 0 Å². The number of hydrogen-bond donors (Lipinski definition) is 4. The van der Waals surface area contributed by atoms with E-state index in [0.29, 0.717) is 62.3 Å². The summed E-state index contributed by atoms with van der Waals surface area (Å²) in [7, 11) is -6.69. The maximum Gasteiger partial charge on any atom is 0.332 e. The molecule has 2 aliphatic carbocycles. The molecular weight excluding hydrogens is 820 g/mol. The average Bonchev–Trinajstić information content (AvgIpc) is 3.91. The molecule has 4 aromatic carbocycles. The zero-order valence-electron chi connectivity index (χ0n) is 32.9. The van der Waals surface area contributed by atoms with Gasteiger partial charge in [-0.3, -0.25) is 4.98 Å². The number of ether oxygens (including phenoxy) is 1. The fraction of sp³-hybridized carbons (Fsp3) is 0.200. The lowest BCUT2D eigenvalue weighted by atomic mass is 9.94. The highest BCUT2D eigenvalue weighted by Crippen LogP contribution is 2.45. The topological polar surface area (TPSA) is 186 Å². The van der Waals surface area contributed by atoms with E-state index in [9.17, 15) is 26.4 Å². The minimum absolute atomic E-state index is 0.191. The van der Waals surface area contributed by atoms with Gasteiger partial charge in [0.2, 0.25) is 25.9 Å². The van der Waals surface area contributed by atoms with Crippen LogP contribution < -0.4 is 24.8 Å². The van der Waals surface area contributed by atoms with Gasteiger partial charge in [-0.2, -0.15) is 0 Å². The Kier molecular flexibility index (Phi) is 11.6. The second-order valence-corrected chi connectivity index (χ2v) is 18.4. The Morgan fingerprint density at radius 2 is 1.28 bits per heavy atom. The standard InChI is InChI=1S/C45H41FN6O7S2/c1-59-41-24-32(35-16-15-30-13-8-14-34(30)42(35)49-44(53)51-60(55,56)26-28-9-4-2-5-10-28)23-40(48-41)33-21-37-38(22-33)43(36(25-39(37)46)31-17-19-47-20-18-31)50-45(54)52-61(57,58)27-29-11-6-3-7-12-29/h2-7,9-12,15-20,23-25,33H,8,13-14,21-22,26-27H2,1H3,(H2,49,51,53)(H2,50,52,54). The van der Waals surface area contributed by atoms with Crippen molar-refractivity contribution in [3.63, 3.8) is 0 Å². The summed E-state index contributed by atoms with van der Waals surface area (Å²) in [6.07, 6.45) is 5.80. The predicted molar refractivity (Wildman–Crippen MR) is 230 cm³/mol. The zero-order chi connectivity index (χ0) is 42.7. The van der Waals surface area contributed by atoms with Crippen LogP contribution >= 0.6 is 0 Å². The van der Waals surface area contributed by atoms with Crippen LogP contribution in [0.25, 0.3) is 22.3 Å². The lowest BCUT2D eigenvalue weighted by molar-refractivity contribution is 0.255. The molecular formula is C45H41FN6O7S2. The number of aryl methyl sites for hydroxylation is 1. The average molecular weight is 861 g/mol. The third kappa shape index (κ3) is 9.40. The van der Waals surface area contributed by atoms with Crippen LogP contribution in [0.15, 0.2) is 116 Å². The number of carbonyl (C=O) groups excluding carboxylic acids is 2. The van der Waals surface area contributed by atoms with Crippen LogP contribution in [0.4, 0.5) is 25.4 Å². The normalized spacial score (nSPS) is 14.4. The van der Waals surface area contributed by atoms with Crippen molar-refractivity contribution in [2.75, 3.05) is 17.7 Å². The van der Waals surface area contributed by atoms with E-state index in [2.05, 4.69) is 25.1 Å². The van der Waals surface area contributed by atoms with Crippen molar-refractivity contribution < 1.29 is 35.6 Å². The van der Waals surface area contributed by atoms with Gasteiger partial charge in [0.05, 0.1) is 30.0 Å². The number of urea groups is 2. The van der Waals surface area contributed by atoms with Crippen LogP contribution in [0.3, 0.4) is 0 Å². The van der Waals surface area contributed by atoms with E-state index < -0.39 is 49.6 Å². The van der Waals surface area contributed by atoms with Crippen LogP contribution in [-0.2, 0) is 57.2 Å². The Morgan fingerprint density at radius 1 is 0.689 bits per heavy atom. The summed E-state index contributed by atoms with van der Waals surface area (Å²) in [4.78, 5) is 35.7. The van der Waals surface area contributed by atoms with Crippen LogP contribution in [0.1, 0.15) is 51.4 Å². The Hall–Kier alpha value is -6.65. The molecule has 4 N–H and O–H groups in total. The quantitative estimate of drug-likeness (QED) is 0.0961. The summed E-state index contributed by atoms with van der Waals surface area (Å²) < 4.78 is 78.3. The van der Waals surface area contributed by atoms with E-state index in [1.807, 2.05) is 18.2 Å². The summed E-state index contributed by atoms with van der Waals surface area (Å²) >= 11 is 0. The Balaban J connectivity index is 1.11. The van der Waals surface area contributed by atoms with Crippen LogP contribution in [0.5, 0.6) is 5.88 Å². The van der Waals surface area contributed by atoms with Gasteiger partial charge in [0.15, 0.2) is 0 Å². The highest BCUT2D eigenvalue weighted by molar-refractivity contribution is 7.89. The summed E-state index contributed by atoms with van der Waals surface area (Å²) in [6.45, 7) is 0. The van der Waals surface area contributed by atoms with Crippen molar-refractivity contribution >= 4 is 43.5 Å². The largest absolute Gasteiger partial charge is 0.481 e. The first-order chi connectivity index (χ1) is 29.3. The number of nitrogens with zero attached hydrogens (tertiary/aromatic N) is 2. The fourth-order valence-electron chi connectivity index (χ4n) is 8.13. The molecule has 0 saturated carbocycles. The van der Waals surface area contributed by atoms with Crippen molar-refractivity contribution in [1.82, 2.24) is 19.4 Å². The van der Waals surface area contributed by atoms with Gasteiger partial charge in [0.1, 0.15) is 5.82 Å². The molecule has 16 heteroatoms. The molecule has 2 heterocycles. The van der Waals surface area contributed by atoms with E-state index in [0.717, 1.165) is 24.0 Å². The highest BCUT2D eigenvalue weighted by atomic mass is 32.2. The smallest absolute Gasteiger partial charge is 0.332 e. The maximum atomic E-state index is 16.2. The van der Waals surface area contributed by atoms with Crippen LogP contribution in [-0.4, -0.2) is 46.0 Å². The first kappa shape index (κ1) is 41.1. The Labute approximate surface area is 352 Å². The van der Waals surface area contributed by atoms with Gasteiger partial charge in [-0.1, -0.05) is 72.8 Å². The monoisotopic (exact) mass is 860 g/mol. The minimum Gasteiger partial charge on any atom is -0.481 e. The lowest BCUT2D eigenvalue weighted by Gasteiger charge is -2.19. The van der Waals surface area contributed by atoms with Gasteiger partial charge >= 0.3 is 12.1 Å². The van der Waals surface area contributed by atoms with E-state index in [1.54, 1.807) is 78.9 Å². The maximum absolute atomic E-state index is 16.2. The van der Waals surface area contributed by atoms with E-state index in [-0.39, 0.29) is 30.2 Å². The molecule has 6 aromatic rings. The molecule has 0 bridgehead atoms. The summed E-state index contributed by atoms with van der Waals surface area (Å²) in [5.74, 6) is -1.48. The molecule has 2 aromatic heterocycles. The molecule has 61 heavy (non-hydrogen) atoms. The number of sulfonamides is 2. The molecule has 1 unspecified atom stereocenters. The van der Waals surface area contributed by atoms with Crippen molar-refractivity contribution in [1.29, 1.82) is 0 Å². The third-order valence-electron chi connectivity index (χ3n) is 10.8. The third-order valence-corrected chi connectivity index (χ3v) is 13.2. The molecule has 13 nitrogen and oxygen atoms in total. The number of benzene rings is 4. The van der Waals surface area contributed by atoms with Crippen LogP contribution in [0, 0.1) is 5.82 Å². The number of fused-ring (bicyclic) bond motifs is 2. The van der Waals surface area contributed by atoms with Crippen LogP contribution in [0.2, 0.25) is 0 Å². The second-order valence-electron chi connectivity index (χ2n) is 15.0. The number of aromatic nitrogens is 2. The number of halogens is 1. The lowest BCUT2D eigenvalue weighted by Crippen LogP contribution is -2.35. The number of anilines is 2. The molecule has 4 amide bonds. The van der Waals surface area contributed by atoms with Gasteiger partial charge < -0.3 is 15.4 Å². The number of rotatable bonds is 12. The summed E-state index contributed by atoms with van der Waals surface area (Å²) in [6, 6.07) is 27.2. The van der Waals surface area contributed by atoms with Gasteiger partial charge in [0, 0.05) is 41.2 Å². The zero-order valence-corrected chi connectivity index (χ0v) is 34.6. The minimum atomic E-state index is -4.11. The Bertz CT molecular complexity index is 2870. The SMILES string of the molecule is COc1cc(-c2ccc3c(c2NC(=O)NS(=O)(=O)Cc2ccccc2)CCC3)cc(C2Cc3c(F)cc(-c4ccncc4)c(NC(=O)NS(=O)(=O)Cc4ccccc4)c3C2)n1. The molecule has 8 rings (SSSR count). The Morgan fingerprint density at radius 3 is 1.89 bits per heavy atom. The number of pyridine rings is 2. The first-order valence-electron chi connectivity index (χ1n) is 19.5. The molecule has 312 valence electrons. The molecule has 1 atom stereocenters. The van der Waals surface area contributed by atoms with Crippen molar-refractivity contribution in [2.45, 2.75) is 49.5 Å².